The quantitative estimate of drug-likeness (QED) is 0.650. The van der Waals surface area contributed by atoms with Crippen LogP contribution in [0.4, 0.5) is 0 Å². The van der Waals surface area contributed by atoms with Crippen LogP contribution in [0.1, 0.15) is 19.6 Å². The van der Waals surface area contributed by atoms with Gasteiger partial charge in [0, 0.05) is 0 Å². The number of carbonyl (C=O) groups is 2. The Kier molecular flexibility index (Phi) is 2.23. The molecule has 0 atom stereocenters. The third kappa shape index (κ3) is 1.29. The number of rotatable bonds is 2. The van der Waals surface area contributed by atoms with Gasteiger partial charge >= 0.3 is 85.4 Å². The van der Waals surface area contributed by atoms with Gasteiger partial charge in [0.1, 0.15) is 0 Å². The first-order valence-corrected chi connectivity index (χ1v) is 5.65. The van der Waals surface area contributed by atoms with Gasteiger partial charge in [0.25, 0.3) is 0 Å². The van der Waals surface area contributed by atoms with Crippen molar-refractivity contribution in [1.29, 1.82) is 0 Å². The van der Waals surface area contributed by atoms with Crippen LogP contribution >= 0.6 is 0 Å². The van der Waals surface area contributed by atoms with Gasteiger partial charge in [-0.2, -0.15) is 0 Å². The van der Waals surface area contributed by atoms with Crippen molar-refractivity contribution < 1.29 is 14.7 Å². The van der Waals surface area contributed by atoms with Crippen LogP contribution in [-0.2, 0) is 0 Å². The molecular formula is C10H6O3Se. The molecule has 1 aromatic heterocycles. The summed E-state index contributed by atoms with van der Waals surface area (Å²) in [5.74, 6) is -1.01. The average Bonchev–Trinajstić information content (AvgIpc) is 2.55. The average molecular weight is 253 g/mol. The van der Waals surface area contributed by atoms with Crippen LogP contribution in [0.25, 0.3) is 9.65 Å². The van der Waals surface area contributed by atoms with E-state index in [0.29, 0.717) is 16.1 Å². The van der Waals surface area contributed by atoms with Crippen LogP contribution in [0.2, 0.25) is 0 Å². The summed E-state index contributed by atoms with van der Waals surface area (Å²) in [5, 5.41) is 9.65. The van der Waals surface area contributed by atoms with Crippen molar-refractivity contribution >= 4 is 36.4 Å². The summed E-state index contributed by atoms with van der Waals surface area (Å²) in [5.41, 5.74) is 0.176. The molecule has 2 rings (SSSR count). The van der Waals surface area contributed by atoms with Gasteiger partial charge < -0.3 is 0 Å². The summed E-state index contributed by atoms with van der Waals surface area (Å²) in [6.45, 7) is 0. The Bertz CT molecular complexity index is 513. The first kappa shape index (κ1) is 9.19. The molecule has 0 radical (unpaired) electrons. The van der Waals surface area contributed by atoms with Crippen molar-refractivity contribution in [1.82, 2.24) is 0 Å². The summed E-state index contributed by atoms with van der Waals surface area (Å²) in [6.07, 6.45) is 0.656. The Morgan fingerprint density at radius 3 is 2.71 bits per heavy atom. The van der Waals surface area contributed by atoms with Crippen LogP contribution in [0.5, 0.6) is 0 Å². The number of fused-ring (bicyclic) bond motifs is 1. The van der Waals surface area contributed by atoms with Crippen molar-refractivity contribution in [2.24, 2.45) is 0 Å². The minimum absolute atomic E-state index is 0.147. The number of benzene rings is 1. The van der Waals surface area contributed by atoms with Crippen molar-refractivity contribution in [3.05, 3.63) is 34.3 Å². The Morgan fingerprint density at radius 2 is 2.07 bits per heavy atom. The molecule has 0 spiro atoms. The molecule has 0 fully saturated rings. The van der Waals surface area contributed by atoms with E-state index >= 15 is 0 Å². The van der Waals surface area contributed by atoms with Gasteiger partial charge in [-0.05, 0) is 0 Å². The molecule has 0 bridgehead atoms. The molecule has 0 saturated carbocycles. The third-order valence-electron chi connectivity index (χ3n) is 1.94. The molecule has 0 saturated heterocycles. The zero-order valence-electron chi connectivity index (χ0n) is 7.06. The normalized spacial score (nSPS) is 10.3. The molecule has 0 aliphatic rings. The third-order valence-corrected chi connectivity index (χ3v) is 4.24. The molecule has 0 unspecified atom stereocenters. The minimum atomic E-state index is -1.01. The molecule has 70 valence electrons. The number of carboxylic acids is 1. The molecule has 2 aromatic rings. The number of aromatic carboxylic acids is 1. The van der Waals surface area contributed by atoms with E-state index in [0.717, 1.165) is 4.26 Å². The maximum atomic E-state index is 10.9. The Labute approximate surface area is 85.7 Å². The second-order valence-electron chi connectivity index (χ2n) is 2.76. The van der Waals surface area contributed by atoms with Crippen LogP contribution in [0.15, 0.2) is 24.3 Å². The van der Waals surface area contributed by atoms with Crippen LogP contribution in [0, 0.1) is 0 Å². The van der Waals surface area contributed by atoms with Gasteiger partial charge in [0.05, 0.1) is 0 Å². The molecule has 0 aliphatic carbocycles. The standard InChI is InChI=1S/C10H6O3Se/c11-5-8-9(10(12)13)6-3-1-2-4-7(6)14-8/h1-5H,(H,12,13). The second kappa shape index (κ2) is 3.40. The Morgan fingerprint density at radius 1 is 1.36 bits per heavy atom. The molecule has 4 heteroatoms. The van der Waals surface area contributed by atoms with Crippen molar-refractivity contribution in [3.63, 3.8) is 0 Å². The van der Waals surface area contributed by atoms with E-state index in [2.05, 4.69) is 0 Å². The number of carboxylic acid groups (broad SMARTS) is 1. The number of hydrogen-bond acceptors (Lipinski definition) is 2. The molecule has 3 nitrogen and oxygen atoms in total. The summed E-state index contributed by atoms with van der Waals surface area (Å²) in [7, 11) is 0. The Balaban J connectivity index is 2.87. The first-order valence-electron chi connectivity index (χ1n) is 3.94. The van der Waals surface area contributed by atoms with Crippen molar-refractivity contribution in [3.8, 4) is 0 Å². The van der Waals surface area contributed by atoms with E-state index in [1.54, 1.807) is 12.1 Å². The number of carbonyl (C=O) groups excluding carboxylic acids is 1. The van der Waals surface area contributed by atoms with Gasteiger partial charge in [0.2, 0.25) is 0 Å². The predicted molar refractivity (Wildman–Crippen MR) is 53.2 cm³/mol. The van der Waals surface area contributed by atoms with Crippen LogP contribution < -0.4 is 0 Å². The molecular weight excluding hydrogens is 247 g/mol. The van der Waals surface area contributed by atoms with E-state index in [1.807, 2.05) is 12.1 Å². The first-order chi connectivity index (χ1) is 6.74. The summed E-state index contributed by atoms with van der Waals surface area (Å²) in [6, 6.07) is 7.26. The maximum absolute atomic E-state index is 10.9. The van der Waals surface area contributed by atoms with E-state index in [9.17, 15) is 9.59 Å². The number of hydrogen-bond donors (Lipinski definition) is 1. The van der Waals surface area contributed by atoms with E-state index in [4.69, 9.17) is 5.11 Å². The summed E-state index contributed by atoms with van der Waals surface area (Å²) < 4.78 is 1.39. The molecule has 1 heterocycles. The fourth-order valence-electron chi connectivity index (χ4n) is 1.37. The van der Waals surface area contributed by atoms with Gasteiger partial charge in [0.15, 0.2) is 0 Å². The predicted octanol–water partition coefficient (Wildman–Crippen LogP) is 1.41. The number of aldehydes is 1. The van der Waals surface area contributed by atoms with Gasteiger partial charge in [-0.3, -0.25) is 0 Å². The summed E-state index contributed by atoms with van der Waals surface area (Å²) >= 11 is -0.147. The van der Waals surface area contributed by atoms with Gasteiger partial charge in [-0.1, -0.05) is 0 Å². The molecule has 14 heavy (non-hydrogen) atoms. The molecule has 0 aliphatic heterocycles. The molecule has 0 amide bonds. The molecule has 1 aromatic carbocycles. The zero-order chi connectivity index (χ0) is 10.1. The SMILES string of the molecule is O=Cc1[se]c2ccccc2c1C(=O)O. The van der Waals surface area contributed by atoms with Crippen LogP contribution in [-0.4, -0.2) is 31.9 Å². The monoisotopic (exact) mass is 254 g/mol. The summed E-state index contributed by atoms with van der Waals surface area (Å²) in [4.78, 5) is 21.6. The van der Waals surface area contributed by atoms with Crippen molar-refractivity contribution in [2.45, 2.75) is 0 Å². The van der Waals surface area contributed by atoms with Crippen LogP contribution in [0.3, 0.4) is 0 Å². The zero-order valence-corrected chi connectivity index (χ0v) is 8.77. The fraction of sp³-hybridized carbons (Fsp3) is 0. The van der Waals surface area contributed by atoms with Gasteiger partial charge in [-0.15, -0.1) is 0 Å². The fourth-order valence-corrected chi connectivity index (χ4v) is 3.49. The van der Waals surface area contributed by atoms with Gasteiger partial charge in [-0.25, -0.2) is 0 Å². The topological polar surface area (TPSA) is 54.4 Å². The van der Waals surface area contributed by atoms with E-state index < -0.39 is 5.97 Å². The molecule has 1 N–H and O–H groups in total. The van der Waals surface area contributed by atoms with E-state index in [1.165, 1.54) is 0 Å². The van der Waals surface area contributed by atoms with E-state index in [-0.39, 0.29) is 20.1 Å². The second-order valence-corrected chi connectivity index (χ2v) is 5.03. The Hall–Kier alpha value is -1.38. The van der Waals surface area contributed by atoms with Crippen molar-refractivity contribution in [2.75, 3.05) is 0 Å².